The summed E-state index contributed by atoms with van der Waals surface area (Å²) in [5.41, 5.74) is 4.74. The monoisotopic (exact) mass is 423 g/mol. The Hall–Kier alpha value is -3.35. The molecule has 1 fully saturated rings. The summed E-state index contributed by atoms with van der Waals surface area (Å²) in [4.78, 5) is 26.5. The molecule has 0 aliphatic carbocycles. The summed E-state index contributed by atoms with van der Waals surface area (Å²) in [5.74, 6) is 0.763. The molecule has 0 unspecified atom stereocenters. The molecule has 31 heavy (non-hydrogen) atoms. The number of likely N-dealkylation sites (tertiary alicyclic amines) is 1. The van der Waals surface area contributed by atoms with Crippen molar-refractivity contribution in [2.24, 2.45) is 5.10 Å². The van der Waals surface area contributed by atoms with E-state index in [2.05, 4.69) is 10.5 Å². The molecular weight excluding hydrogens is 394 g/mol. The first kappa shape index (κ1) is 22.3. The zero-order valence-electron chi connectivity index (χ0n) is 18.1. The fourth-order valence-electron chi connectivity index (χ4n) is 3.42. The highest BCUT2D eigenvalue weighted by Crippen LogP contribution is 2.28. The number of ether oxygens (including phenoxy) is 2. The second-order valence-electron chi connectivity index (χ2n) is 7.38. The zero-order chi connectivity index (χ0) is 22.1. The molecule has 0 spiro atoms. The van der Waals surface area contributed by atoms with Crippen LogP contribution in [0.3, 0.4) is 0 Å². The molecule has 1 aliphatic rings. The maximum atomic E-state index is 12.4. The molecule has 2 amide bonds. The smallest absolute Gasteiger partial charge is 0.271 e. The Balaban J connectivity index is 1.61. The van der Waals surface area contributed by atoms with Gasteiger partial charge in [0.25, 0.3) is 11.8 Å². The number of rotatable bonds is 8. The number of aryl methyl sites for hydroxylation is 1. The molecule has 1 N–H and O–H groups in total. The van der Waals surface area contributed by atoms with Crippen molar-refractivity contribution in [3.05, 3.63) is 59.2 Å². The number of amides is 2. The molecule has 0 radical (unpaired) electrons. The van der Waals surface area contributed by atoms with Gasteiger partial charge in [0, 0.05) is 18.7 Å². The number of hydrazone groups is 1. The third kappa shape index (κ3) is 6.31. The number of nitrogens with zero attached hydrogens (tertiary/aromatic N) is 2. The molecule has 0 saturated carbocycles. The number of benzene rings is 2. The molecule has 0 aromatic heterocycles. The van der Waals surface area contributed by atoms with Crippen LogP contribution in [0.4, 0.5) is 0 Å². The standard InChI is InChI=1S/C24H29N3O4/c1-3-30-22-15-19(16-25-26-24(29)20-10-6-5-9-18(20)2)11-12-21(22)31-17-23(28)27-13-7-4-8-14-27/h5-6,9-12,15-16H,3-4,7-8,13-14,17H2,1-2H3,(H,26,29)/b25-16-. The van der Waals surface area contributed by atoms with Gasteiger partial charge in [-0.05, 0) is 68.5 Å². The van der Waals surface area contributed by atoms with Crippen molar-refractivity contribution in [3.63, 3.8) is 0 Å². The second-order valence-corrected chi connectivity index (χ2v) is 7.38. The number of carbonyl (C=O) groups is 2. The van der Waals surface area contributed by atoms with Gasteiger partial charge in [0.1, 0.15) is 0 Å². The predicted molar refractivity (Wildman–Crippen MR) is 120 cm³/mol. The van der Waals surface area contributed by atoms with E-state index in [1.165, 1.54) is 6.42 Å². The van der Waals surface area contributed by atoms with Crippen LogP contribution in [0.2, 0.25) is 0 Å². The van der Waals surface area contributed by atoms with Gasteiger partial charge in [0.15, 0.2) is 18.1 Å². The van der Waals surface area contributed by atoms with Crippen molar-refractivity contribution in [2.75, 3.05) is 26.3 Å². The first-order chi connectivity index (χ1) is 15.1. The van der Waals surface area contributed by atoms with Gasteiger partial charge in [0.05, 0.1) is 12.8 Å². The van der Waals surface area contributed by atoms with Crippen molar-refractivity contribution >= 4 is 18.0 Å². The fourth-order valence-corrected chi connectivity index (χ4v) is 3.42. The van der Waals surface area contributed by atoms with E-state index in [9.17, 15) is 9.59 Å². The van der Waals surface area contributed by atoms with Gasteiger partial charge in [-0.1, -0.05) is 18.2 Å². The number of piperidine rings is 1. The highest BCUT2D eigenvalue weighted by atomic mass is 16.5. The molecule has 2 aromatic carbocycles. The zero-order valence-corrected chi connectivity index (χ0v) is 18.1. The van der Waals surface area contributed by atoms with Gasteiger partial charge in [-0.25, -0.2) is 5.43 Å². The molecule has 7 heteroatoms. The molecular formula is C24H29N3O4. The molecule has 2 aromatic rings. The average Bonchev–Trinajstić information content (AvgIpc) is 2.79. The highest BCUT2D eigenvalue weighted by molar-refractivity contribution is 5.96. The lowest BCUT2D eigenvalue weighted by Crippen LogP contribution is -2.38. The molecule has 1 saturated heterocycles. The van der Waals surface area contributed by atoms with Crippen LogP contribution < -0.4 is 14.9 Å². The molecule has 164 valence electrons. The normalized spacial score (nSPS) is 13.8. The van der Waals surface area contributed by atoms with Crippen molar-refractivity contribution < 1.29 is 19.1 Å². The summed E-state index contributed by atoms with van der Waals surface area (Å²) < 4.78 is 11.4. The first-order valence-corrected chi connectivity index (χ1v) is 10.6. The van der Waals surface area contributed by atoms with Crippen molar-refractivity contribution in [1.82, 2.24) is 10.3 Å². The molecule has 0 atom stereocenters. The molecule has 1 aliphatic heterocycles. The van der Waals surface area contributed by atoms with Gasteiger partial charge in [-0.2, -0.15) is 5.10 Å². The van der Waals surface area contributed by atoms with Crippen LogP contribution in [0.25, 0.3) is 0 Å². The Morgan fingerprint density at radius 1 is 1.06 bits per heavy atom. The van der Waals surface area contributed by atoms with Gasteiger partial charge >= 0.3 is 0 Å². The SMILES string of the molecule is CCOc1cc(/C=N\NC(=O)c2ccccc2C)ccc1OCC(=O)N1CCCCC1. The van der Waals surface area contributed by atoms with Gasteiger partial charge in [0.2, 0.25) is 0 Å². The molecule has 3 rings (SSSR count). The molecule has 0 bridgehead atoms. The topological polar surface area (TPSA) is 80.2 Å². The minimum absolute atomic E-state index is 0.00768. The van der Waals surface area contributed by atoms with E-state index >= 15 is 0 Å². The lowest BCUT2D eigenvalue weighted by atomic mass is 10.1. The van der Waals surface area contributed by atoms with E-state index in [1.807, 2.05) is 36.9 Å². The van der Waals surface area contributed by atoms with E-state index in [0.29, 0.717) is 23.7 Å². The maximum Gasteiger partial charge on any atom is 0.271 e. The van der Waals surface area contributed by atoms with E-state index in [4.69, 9.17) is 9.47 Å². The summed E-state index contributed by atoms with van der Waals surface area (Å²) in [6.07, 6.45) is 4.81. The van der Waals surface area contributed by atoms with Crippen LogP contribution in [0, 0.1) is 6.92 Å². The highest BCUT2D eigenvalue weighted by Gasteiger charge is 2.17. The van der Waals surface area contributed by atoms with Gasteiger partial charge in [-0.3, -0.25) is 9.59 Å². The van der Waals surface area contributed by atoms with Crippen LogP contribution in [0.1, 0.15) is 47.7 Å². The molecule has 1 heterocycles. The van der Waals surface area contributed by atoms with E-state index in [1.54, 1.807) is 30.5 Å². The van der Waals surface area contributed by atoms with Gasteiger partial charge in [-0.15, -0.1) is 0 Å². The summed E-state index contributed by atoms with van der Waals surface area (Å²) in [7, 11) is 0. The van der Waals surface area contributed by atoms with Crippen LogP contribution in [0.5, 0.6) is 11.5 Å². The minimum atomic E-state index is -0.268. The Kier molecular flexibility index (Phi) is 8.04. The number of carbonyl (C=O) groups excluding carboxylic acids is 2. The Morgan fingerprint density at radius 2 is 1.84 bits per heavy atom. The predicted octanol–water partition coefficient (Wildman–Crippen LogP) is 3.55. The van der Waals surface area contributed by atoms with Crippen LogP contribution in [0.15, 0.2) is 47.6 Å². The largest absolute Gasteiger partial charge is 0.490 e. The Labute approximate surface area is 183 Å². The lowest BCUT2D eigenvalue weighted by molar-refractivity contribution is -0.134. The van der Waals surface area contributed by atoms with E-state index < -0.39 is 0 Å². The second kappa shape index (κ2) is 11.2. The number of hydrogen-bond donors (Lipinski definition) is 1. The van der Waals surface area contributed by atoms with Crippen molar-refractivity contribution in [2.45, 2.75) is 33.1 Å². The Bertz CT molecular complexity index is 936. The van der Waals surface area contributed by atoms with Gasteiger partial charge < -0.3 is 14.4 Å². The summed E-state index contributed by atoms with van der Waals surface area (Å²) in [5, 5.41) is 4.04. The quantitative estimate of drug-likeness (QED) is 0.520. The average molecular weight is 424 g/mol. The lowest BCUT2D eigenvalue weighted by Gasteiger charge is -2.26. The van der Waals surface area contributed by atoms with Crippen LogP contribution in [-0.2, 0) is 4.79 Å². The number of hydrogen-bond acceptors (Lipinski definition) is 5. The third-order valence-electron chi connectivity index (χ3n) is 5.10. The summed E-state index contributed by atoms with van der Waals surface area (Å²) >= 11 is 0. The summed E-state index contributed by atoms with van der Waals surface area (Å²) in [6, 6.07) is 12.6. The minimum Gasteiger partial charge on any atom is -0.490 e. The first-order valence-electron chi connectivity index (χ1n) is 10.6. The van der Waals surface area contributed by atoms with Crippen LogP contribution >= 0.6 is 0 Å². The van der Waals surface area contributed by atoms with E-state index in [-0.39, 0.29) is 18.4 Å². The third-order valence-corrected chi connectivity index (χ3v) is 5.10. The van der Waals surface area contributed by atoms with E-state index in [0.717, 1.165) is 37.1 Å². The van der Waals surface area contributed by atoms with Crippen LogP contribution in [-0.4, -0.2) is 49.2 Å². The van der Waals surface area contributed by atoms with Crippen molar-refractivity contribution in [3.8, 4) is 11.5 Å². The summed E-state index contributed by atoms with van der Waals surface area (Å²) in [6.45, 7) is 5.79. The Morgan fingerprint density at radius 3 is 2.58 bits per heavy atom. The van der Waals surface area contributed by atoms with Crippen molar-refractivity contribution in [1.29, 1.82) is 0 Å². The maximum absolute atomic E-state index is 12.4. The molecule has 7 nitrogen and oxygen atoms in total. The fraction of sp³-hybridized carbons (Fsp3) is 0.375. The number of nitrogens with one attached hydrogen (secondary N) is 1.